The minimum Gasteiger partial charge on any atom is -0.487 e. The van der Waals surface area contributed by atoms with Gasteiger partial charge in [0, 0.05) is 37.4 Å². The average Bonchev–Trinajstić information content (AvgIpc) is 2.54. The maximum Gasteiger partial charge on any atom is 0.410 e. The highest BCUT2D eigenvalue weighted by atomic mass is 16.6. The molecule has 1 aromatic carbocycles. The lowest BCUT2D eigenvalue weighted by Gasteiger charge is -2.37. The van der Waals surface area contributed by atoms with Crippen molar-refractivity contribution in [2.75, 3.05) is 43.4 Å². The van der Waals surface area contributed by atoms with E-state index in [0.717, 1.165) is 35.8 Å². The van der Waals surface area contributed by atoms with Crippen molar-refractivity contribution >= 4 is 23.5 Å². The summed E-state index contributed by atoms with van der Waals surface area (Å²) in [5.74, 6) is 0.836. The van der Waals surface area contributed by atoms with Crippen molar-refractivity contribution in [3.63, 3.8) is 0 Å². The number of hydrogen-bond donors (Lipinski definition) is 1. The molecule has 2 heterocycles. The Bertz CT molecular complexity index is 656. The van der Waals surface area contributed by atoms with E-state index >= 15 is 0 Å². The van der Waals surface area contributed by atoms with Crippen LogP contribution in [0.5, 0.6) is 5.75 Å². The number of nitrogen functional groups attached to an aromatic ring is 1. The molecule has 6 heteroatoms. The minimum absolute atomic E-state index is 0.249. The van der Waals surface area contributed by atoms with Crippen molar-refractivity contribution in [2.24, 2.45) is 0 Å². The van der Waals surface area contributed by atoms with Gasteiger partial charge in [0.25, 0.3) is 0 Å². The molecule has 2 aliphatic rings. The molecule has 2 N–H and O–H groups in total. The molecule has 0 radical (unpaired) electrons. The Balaban J connectivity index is 1.70. The van der Waals surface area contributed by atoms with Crippen LogP contribution in [-0.2, 0) is 4.74 Å². The van der Waals surface area contributed by atoms with Gasteiger partial charge in [-0.15, -0.1) is 0 Å². The first-order valence-corrected chi connectivity index (χ1v) is 8.30. The smallest absolute Gasteiger partial charge is 0.410 e. The second-order valence-electron chi connectivity index (χ2n) is 7.08. The molecule has 0 spiro atoms. The predicted molar refractivity (Wildman–Crippen MR) is 95.4 cm³/mol. The number of piperazine rings is 1. The van der Waals surface area contributed by atoms with Gasteiger partial charge in [-0.3, -0.25) is 0 Å². The summed E-state index contributed by atoms with van der Waals surface area (Å²) in [6.07, 6.45) is 3.72. The molecule has 0 unspecified atom stereocenters. The lowest BCUT2D eigenvalue weighted by molar-refractivity contribution is 0.0240. The van der Waals surface area contributed by atoms with Gasteiger partial charge in [0.05, 0.1) is 5.69 Å². The normalized spacial score (nSPS) is 17.3. The summed E-state index contributed by atoms with van der Waals surface area (Å²) in [5, 5.41) is 0. The molecule has 3 rings (SSSR count). The third kappa shape index (κ3) is 3.42. The van der Waals surface area contributed by atoms with E-state index in [9.17, 15) is 4.79 Å². The van der Waals surface area contributed by atoms with Crippen LogP contribution in [0.15, 0.2) is 18.2 Å². The van der Waals surface area contributed by atoms with Crippen molar-refractivity contribution in [3.05, 3.63) is 23.8 Å². The van der Waals surface area contributed by atoms with E-state index < -0.39 is 5.60 Å². The van der Waals surface area contributed by atoms with Gasteiger partial charge < -0.3 is 25.0 Å². The van der Waals surface area contributed by atoms with Crippen molar-refractivity contribution < 1.29 is 14.3 Å². The highest BCUT2D eigenvalue weighted by molar-refractivity contribution is 5.80. The second kappa shape index (κ2) is 6.26. The first-order valence-electron chi connectivity index (χ1n) is 8.30. The van der Waals surface area contributed by atoms with E-state index in [1.165, 1.54) is 0 Å². The molecule has 0 aliphatic carbocycles. The van der Waals surface area contributed by atoms with Gasteiger partial charge in [-0.25, -0.2) is 4.79 Å². The van der Waals surface area contributed by atoms with E-state index in [1.807, 2.05) is 45.1 Å². The number of carbonyl (C=O) groups is 1. The van der Waals surface area contributed by atoms with Crippen LogP contribution in [0.2, 0.25) is 0 Å². The lowest BCUT2D eigenvalue weighted by Crippen LogP contribution is -2.50. The van der Waals surface area contributed by atoms with Crippen LogP contribution in [0.4, 0.5) is 16.2 Å². The lowest BCUT2D eigenvalue weighted by atomic mass is 10.1. The van der Waals surface area contributed by atoms with Crippen LogP contribution in [0.25, 0.3) is 6.08 Å². The molecule has 2 aliphatic heterocycles. The topological polar surface area (TPSA) is 68.0 Å². The van der Waals surface area contributed by atoms with E-state index in [-0.39, 0.29) is 6.09 Å². The molecule has 1 saturated heterocycles. The van der Waals surface area contributed by atoms with Gasteiger partial charge in [0.1, 0.15) is 12.2 Å². The summed E-state index contributed by atoms with van der Waals surface area (Å²) in [5.41, 5.74) is 8.27. The van der Waals surface area contributed by atoms with Crippen LogP contribution < -0.4 is 15.4 Å². The third-order valence-corrected chi connectivity index (χ3v) is 4.09. The van der Waals surface area contributed by atoms with Crippen molar-refractivity contribution in [3.8, 4) is 5.75 Å². The van der Waals surface area contributed by atoms with Crippen LogP contribution in [-0.4, -0.2) is 49.4 Å². The van der Waals surface area contributed by atoms with E-state index in [0.29, 0.717) is 19.7 Å². The van der Waals surface area contributed by atoms with Crippen molar-refractivity contribution in [1.29, 1.82) is 0 Å². The van der Waals surface area contributed by atoms with E-state index in [4.69, 9.17) is 15.2 Å². The van der Waals surface area contributed by atoms with Crippen molar-refractivity contribution in [1.82, 2.24) is 4.90 Å². The summed E-state index contributed by atoms with van der Waals surface area (Å²) < 4.78 is 11.3. The average molecular weight is 331 g/mol. The fourth-order valence-corrected chi connectivity index (χ4v) is 2.93. The van der Waals surface area contributed by atoms with Gasteiger partial charge in [-0.2, -0.15) is 0 Å². The highest BCUT2D eigenvalue weighted by Gasteiger charge is 2.27. The summed E-state index contributed by atoms with van der Waals surface area (Å²) >= 11 is 0. The quantitative estimate of drug-likeness (QED) is 0.802. The number of rotatable bonds is 1. The molecule has 0 aromatic heterocycles. The number of nitrogens with two attached hydrogens (primary N) is 1. The number of ether oxygens (including phenoxy) is 2. The van der Waals surface area contributed by atoms with E-state index in [1.54, 1.807) is 4.90 Å². The minimum atomic E-state index is -0.468. The number of nitrogens with zero attached hydrogens (tertiary/aromatic N) is 2. The van der Waals surface area contributed by atoms with E-state index in [2.05, 4.69) is 4.90 Å². The molecule has 0 saturated carbocycles. The third-order valence-electron chi connectivity index (χ3n) is 4.09. The number of amides is 1. The monoisotopic (exact) mass is 331 g/mol. The Morgan fingerprint density at radius 3 is 2.58 bits per heavy atom. The number of anilines is 2. The number of benzene rings is 1. The van der Waals surface area contributed by atoms with Crippen LogP contribution >= 0.6 is 0 Å². The molecular formula is C18H25N3O3. The van der Waals surface area contributed by atoms with Gasteiger partial charge >= 0.3 is 6.09 Å². The molecule has 1 amide bonds. The Kier molecular flexibility index (Phi) is 4.30. The van der Waals surface area contributed by atoms with Crippen molar-refractivity contribution in [2.45, 2.75) is 26.4 Å². The summed E-state index contributed by atoms with van der Waals surface area (Å²) in [6, 6.07) is 3.91. The Morgan fingerprint density at radius 1 is 1.21 bits per heavy atom. The summed E-state index contributed by atoms with van der Waals surface area (Å²) in [4.78, 5) is 16.2. The SMILES string of the molecule is CC(C)(C)OC(=O)N1CCN(c2ccc(N)c3c2OCC=C3)CC1. The molecule has 6 nitrogen and oxygen atoms in total. The molecule has 1 fully saturated rings. The van der Waals surface area contributed by atoms with Crippen LogP contribution in [0, 0.1) is 0 Å². The summed E-state index contributed by atoms with van der Waals surface area (Å²) in [7, 11) is 0. The highest BCUT2D eigenvalue weighted by Crippen LogP contribution is 2.38. The number of hydrogen-bond acceptors (Lipinski definition) is 5. The molecule has 0 bridgehead atoms. The zero-order chi connectivity index (χ0) is 17.3. The zero-order valence-electron chi connectivity index (χ0n) is 14.5. The van der Waals surface area contributed by atoms with Gasteiger partial charge in [-0.05, 0) is 45.1 Å². The first-order chi connectivity index (χ1) is 11.3. The van der Waals surface area contributed by atoms with Gasteiger partial charge in [-0.1, -0.05) is 0 Å². The van der Waals surface area contributed by atoms with Gasteiger partial charge in [0.2, 0.25) is 0 Å². The Hall–Kier alpha value is -2.37. The fourth-order valence-electron chi connectivity index (χ4n) is 2.93. The molecule has 24 heavy (non-hydrogen) atoms. The maximum absolute atomic E-state index is 12.2. The maximum atomic E-state index is 12.2. The van der Waals surface area contributed by atoms with Crippen LogP contribution in [0.1, 0.15) is 26.3 Å². The standard InChI is InChI=1S/C18H25N3O3/c1-18(2,3)24-17(22)21-10-8-20(9-11-21)15-7-6-14(19)13-5-4-12-23-16(13)15/h4-7H,8-12,19H2,1-3H3. The largest absolute Gasteiger partial charge is 0.487 e. The second-order valence-corrected chi connectivity index (χ2v) is 7.08. The molecule has 0 atom stereocenters. The zero-order valence-corrected chi connectivity index (χ0v) is 14.5. The Labute approximate surface area is 142 Å². The summed E-state index contributed by atoms with van der Waals surface area (Å²) in [6.45, 7) is 8.94. The van der Waals surface area contributed by atoms with Gasteiger partial charge in [0.15, 0.2) is 5.75 Å². The fraction of sp³-hybridized carbons (Fsp3) is 0.500. The Morgan fingerprint density at radius 2 is 1.92 bits per heavy atom. The molecular weight excluding hydrogens is 306 g/mol. The molecule has 130 valence electrons. The number of fused-ring (bicyclic) bond motifs is 1. The molecule has 1 aromatic rings. The predicted octanol–water partition coefficient (Wildman–Crippen LogP) is 2.73. The van der Waals surface area contributed by atoms with Crippen LogP contribution in [0.3, 0.4) is 0 Å². The number of carbonyl (C=O) groups excluding carboxylic acids is 1. The first kappa shape index (κ1) is 16.5.